The number of nitrogens with zero attached hydrogens (tertiary/aromatic N) is 1. The van der Waals surface area contributed by atoms with Crippen LogP contribution in [0.3, 0.4) is 0 Å². The molecule has 0 saturated carbocycles. The van der Waals surface area contributed by atoms with Gasteiger partial charge >= 0.3 is 0 Å². The van der Waals surface area contributed by atoms with E-state index in [9.17, 15) is 4.79 Å². The fourth-order valence-corrected chi connectivity index (χ4v) is 3.86. The van der Waals surface area contributed by atoms with Gasteiger partial charge in [0.05, 0.1) is 16.0 Å². The normalized spacial score (nSPS) is 15.1. The van der Waals surface area contributed by atoms with Crippen LogP contribution in [0.1, 0.15) is 18.1 Å². The summed E-state index contributed by atoms with van der Waals surface area (Å²) in [5, 5.41) is 0.886. The van der Waals surface area contributed by atoms with E-state index in [2.05, 4.69) is 20.9 Å². The van der Waals surface area contributed by atoms with E-state index in [1.165, 1.54) is 0 Å². The van der Waals surface area contributed by atoms with E-state index in [0.29, 0.717) is 39.1 Å². The second-order valence-electron chi connectivity index (χ2n) is 5.51. The van der Waals surface area contributed by atoms with Crippen LogP contribution in [0.2, 0.25) is 5.02 Å². The van der Waals surface area contributed by atoms with Gasteiger partial charge in [-0.2, -0.15) is 4.99 Å². The fourth-order valence-electron chi connectivity index (χ4n) is 2.42. The van der Waals surface area contributed by atoms with Crippen LogP contribution in [-0.2, 0) is 11.4 Å². The van der Waals surface area contributed by atoms with Crippen LogP contribution >= 0.6 is 39.3 Å². The van der Waals surface area contributed by atoms with Crippen molar-refractivity contribution in [3.63, 3.8) is 0 Å². The minimum atomic E-state index is -0.342. The number of hydrogen-bond acceptors (Lipinski definition) is 5. The van der Waals surface area contributed by atoms with Gasteiger partial charge in [0.25, 0.3) is 5.91 Å². The third kappa shape index (κ3) is 4.86. The van der Waals surface area contributed by atoms with Crippen LogP contribution in [0.5, 0.6) is 11.5 Å². The van der Waals surface area contributed by atoms with Gasteiger partial charge < -0.3 is 15.2 Å². The molecule has 27 heavy (non-hydrogen) atoms. The summed E-state index contributed by atoms with van der Waals surface area (Å²) in [7, 11) is 0. The Bertz CT molecular complexity index is 947. The van der Waals surface area contributed by atoms with Gasteiger partial charge in [0.1, 0.15) is 6.61 Å². The van der Waals surface area contributed by atoms with E-state index in [4.69, 9.17) is 26.8 Å². The molecular formula is C19H16BrClN2O3S. The highest BCUT2D eigenvalue weighted by atomic mass is 79.9. The number of nitrogens with two attached hydrogens (primary N) is 1. The number of halogens is 2. The van der Waals surface area contributed by atoms with Gasteiger partial charge in [-0.3, -0.25) is 4.79 Å². The van der Waals surface area contributed by atoms with Crippen LogP contribution < -0.4 is 15.2 Å². The summed E-state index contributed by atoms with van der Waals surface area (Å²) in [6.45, 7) is 2.66. The summed E-state index contributed by atoms with van der Waals surface area (Å²) in [6, 6.07) is 11.2. The highest BCUT2D eigenvalue weighted by Crippen LogP contribution is 2.39. The Morgan fingerprint density at radius 3 is 2.74 bits per heavy atom. The van der Waals surface area contributed by atoms with Crippen LogP contribution in [0.15, 0.2) is 50.8 Å². The molecule has 8 heteroatoms. The molecule has 2 aromatic carbocycles. The number of amidine groups is 1. The van der Waals surface area contributed by atoms with E-state index < -0.39 is 0 Å². The average molecular weight is 468 g/mol. The zero-order valence-electron chi connectivity index (χ0n) is 14.4. The topological polar surface area (TPSA) is 73.9 Å². The summed E-state index contributed by atoms with van der Waals surface area (Å²) >= 11 is 10.9. The Kier molecular flexibility index (Phi) is 6.46. The lowest BCUT2D eigenvalue weighted by atomic mass is 10.1. The highest BCUT2D eigenvalue weighted by molar-refractivity contribution is 9.10. The molecule has 0 radical (unpaired) electrons. The molecule has 1 aliphatic heterocycles. The maximum Gasteiger partial charge on any atom is 0.286 e. The molecule has 0 aromatic heterocycles. The molecule has 0 aliphatic carbocycles. The summed E-state index contributed by atoms with van der Waals surface area (Å²) in [5.74, 6) is 0.792. The zero-order chi connectivity index (χ0) is 19.4. The first kappa shape index (κ1) is 19.8. The number of hydrogen-bond donors (Lipinski definition) is 1. The van der Waals surface area contributed by atoms with Crippen molar-refractivity contribution < 1.29 is 14.3 Å². The van der Waals surface area contributed by atoms with Crippen LogP contribution in [0.25, 0.3) is 6.08 Å². The molecule has 140 valence electrons. The molecule has 2 aromatic rings. The second-order valence-corrected chi connectivity index (χ2v) is 7.83. The van der Waals surface area contributed by atoms with Crippen molar-refractivity contribution >= 4 is 56.4 Å². The Balaban J connectivity index is 1.87. The number of rotatable bonds is 6. The van der Waals surface area contributed by atoms with E-state index in [1.807, 2.05) is 43.3 Å². The number of amides is 1. The first-order chi connectivity index (χ1) is 13.0. The molecule has 0 atom stereocenters. The number of carbonyl (C=O) groups excluding carboxylic acids is 1. The summed E-state index contributed by atoms with van der Waals surface area (Å²) < 4.78 is 12.4. The summed E-state index contributed by atoms with van der Waals surface area (Å²) in [4.78, 5) is 16.0. The molecule has 0 unspecified atom stereocenters. The molecule has 0 fully saturated rings. The smallest absolute Gasteiger partial charge is 0.286 e. The van der Waals surface area contributed by atoms with Crippen molar-refractivity contribution in [1.29, 1.82) is 0 Å². The van der Waals surface area contributed by atoms with Crippen LogP contribution in [0, 0.1) is 0 Å². The number of carbonyl (C=O) groups is 1. The lowest BCUT2D eigenvalue weighted by molar-refractivity contribution is -0.113. The SMILES string of the molecule is CCOc1cc(/C=C2\SC(N)=NC2=O)cc(Br)c1OCc1ccccc1Cl. The molecule has 0 saturated heterocycles. The third-order valence-electron chi connectivity index (χ3n) is 3.60. The molecule has 0 spiro atoms. The lowest BCUT2D eigenvalue weighted by Gasteiger charge is -2.15. The molecule has 5 nitrogen and oxygen atoms in total. The van der Waals surface area contributed by atoms with Gasteiger partial charge in [-0.25, -0.2) is 0 Å². The van der Waals surface area contributed by atoms with Gasteiger partial charge in [0, 0.05) is 10.6 Å². The molecule has 3 rings (SSSR count). The van der Waals surface area contributed by atoms with Crippen molar-refractivity contribution in [2.45, 2.75) is 13.5 Å². The Hall–Kier alpha value is -1.96. The quantitative estimate of drug-likeness (QED) is 0.605. The van der Waals surface area contributed by atoms with Crippen molar-refractivity contribution in [2.24, 2.45) is 10.7 Å². The van der Waals surface area contributed by atoms with E-state index in [1.54, 1.807) is 6.08 Å². The lowest BCUT2D eigenvalue weighted by Crippen LogP contribution is -2.01. The minimum Gasteiger partial charge on any atom is -0.490 e. The Morgan fingerprint density at radius 1 is 1.30 bits per heavy atom. The van der Waals surface area contributed by atoms with Gasteiger partial charge in [-0.1, -0.05) is 29.8 Å². The summed E-state index contributed by atoms with van der Waals surface area (Å²) in [6.07, 6.45) is 1.72. The maximum atomic E-state index is 11.8. The molecule has 1 aliphatic rings. The largest absolute Gasteiger partial charge is 0.490 e. The van der Waals surface area contributed by atoms with Gasteiger partial charge in [-0.15, -0.1) is 0 Å². The number of benzene rings is 2. The first-order valence-corrected chi connectivity index (χ1v) is 10.1. The number of aliphatic imine (C=N–C) groups is 1. The predicted octanol–water partition coefficient (Wildman–Crippen LogP) is 5.01. The first-order valence-electron chi connectivity index (χ1n) is 8.08. The Morgan fingerprint density at radius 2 is 2.07 bits per heavy atom. The van der Waals surface area contributed by atoms with E-state index in [-0.39, 0.29) is 11.1 Å². The van der Waals surface area contributed by atoms with E-state index in [0.717, 1.165) is 22.9 Å². The van der Waals surface area contributed by atoms with Crippen molar-refractivity contribution in [1.82, 2.24) is 0 Å². The fraction of sp³-hybridized carbons (Fsp3) is 0.158. The van der Waals surface area contributed by atoms with Crippen molar-refractivity contribution in [3.05, 3.63) is 61.9 Å². The molecule has 2 N–H and O–H groups in total. The monoisotopic (exact) mass is 466 g/mol. The van der Waals surface area contributed by atoms with Gasteiger partial charge in [-0.05, 0) is 64.5 Å². The van der Waals surface area contributed by atoms with Crippen LogP contribution in [0.4, 0.5) is 0 Å². The van der Waals surface area contributed by atoms with Gasteiger partial charge in [0.2, 0.25) is 0 Å². The molecule has 0 bridgehead atoms. The number of ether oxygens (including phenoxy) is 2. The number of thioether (sulfide) groups is 1. The molecule has 1 heterocycles. The van der Waals surface area contributed by atoms with Crippen molar-refractivity contribution in [3.8, 4) is 11.5 Å². The predicted molar refractivity (Wildman–Crippen MR) is 113 cm³/mol. The van der Waals surface area contributed by atoms with Crippen LogP contribution in [-0.4, -0.2) is 17.7 Å². The molecule has 1 amide bonds. The Labute approximate surface area is 174 Å². The van der Waals surface area contributed by atoms with E-state index >= 15 is 0 Å². The third-order valence-corrected chi connectivity index (χ3v) is 5.37. The second kappa shape index (κ2) is 8.82. The van der Waals surface area contributed by atoms with Crippen molar-refractivity contribution in [2.75, 3.05) is 6.61 Å². The highest BCUT2D eigenvalue weighted by Gasteiger charge is 2.20. The minimum absolute atomic E-state index is 0.245. The summed E-state index contributed by atoms with van der Waals surface area (Å²) in [5.41, 5.74) is 7.24. The zero-order valence-corrected chi connectivity index (χ0v) is 17.5. The standard InChI is InChI=1S/C19H16BrClN2O3S/c1-2-25-15-8-11(9-16-18(24)23-19(22)27-16)7-13(20)17(15)26-10-12-5-3-4-6-14(12)21/h3-9H,2,10H2,1H3,(H2,22,23,24)/b16-9-. The maximum absolute atomic E-state index is 11.8. The molecular weight excluding hydrogens is 452 g/mol. The average Bonchev–Trinajstić information content (AvgIpc) is 2.93. The van der Waals surface area contributed by atoms with Gasteiger partial charge in [0.15, 0.2) is 16.7 Å².